The highest BCUT2D eigenvalue weighted by Gasteiger charge is 2.64. The zero-order valence-corrected chi connectivity index (χ0v) is 15.3. The zero-order chi connectivity index (χ0) is 17.9. The largest absolute Gasteiger partial charge is 0.383 e. The second-order valence-electron chi connectivity index (χ2n) is 9.06. The van der Waals surface area contributed by atoms with Gasteiger partial charge in [-0.25, -0.2) is 0 Å². The van der Waals surface area contributed by atoms with Gasteiger partial charge in [-0.2, -0.15) is 0 Å². The lowest BCUT2D eigenvalue weighted by Crippen LogP contribution is -2.52. The molecule has 5 atom stereocenters. The smallest absolute Gasteiger partial charge is 0.181 e. The molecule has 1 spiro atoms. The van der Waals surface area contributed by atoms with Gasteiger partial charge in [0.15, 0.2) is 12.4 Å². The molecule has 0 radical (unpaired) electrons. The number of terminal acetylenes is 1. The van der Waals surface area contributed by atoms with Gasteiger partial charge in [0.05, 0.1) is 5.71 Å². The normalized spacial score (nSPS) is 46.5. The number of carbonyl (C=O) groups excluding carboxylic acids is 1. The van der Waals surface area contributed by atoms with Crippen LogP contribution in [-0.4, -0.2) is 18.1 Å². The third-order valence-corrected chi connectivity index (χ3v) is 7.77. The van der Waals surface area contributed by atoms with Crippen LogP contribution in [0.4, 0.5) is 0 Å². The van der Waals surface area contributed by atoms with Gasteiger partial charge in [-0.15, -0.1) is 6.42 Å². The van der Waals surface area contributed by atoms with E-state index in [0.717, 1.165) is 31.3 Å². The van der Waals surface area contributed by atoms with Crippen molar-refractivity contribution in [3.63, 3.8) is 0 Å². The zero-order valence-electron chi connectivity index (χ0n) is 15.3. The van der Waals surface area contributed by atoms with E-state index < -0.39 is 0 Å². The Kier molecular flexibility index (Phi) is 3.55. The Balaban J connectivity index is 1.70. The molecule has 0 unspecified atom stereocenters. The molecule has 0 aliphatic heterocycles. The molecule has 25 heavy (non-hydrogen) atoms. The fourth-order valence-electron chi connectivity index (χ4n) is 6.65. The predicted molar refractivity (Wildman–Crippen MR) is 98.8 cm³/mol. The molecule has 4 aliphatic carbocycles. The molecular formula is C22H27NO2. The second-order valence-corrected chi connectivity index (χ2v) is 9.06. The van der Waals surface area contributed by atoms with E-state index >= 15 is 0 Å². The molecule has 3 fully saturated rings. The number of hydrogen-bond acceptors (Lipinski definition) is 3. The maximum Gasteiger partial charge on any atom is 0.181 e. The predicted octanol–water partition coefficient (Wildman–Crippen LogP) is 4.30. The molecule has 4 aliphatic rings. The van der Waals surface area contributed by atoms with E-state index in [1.54, 1.807) is 6.08 Å². The summed E-state index contributed by atoms with van der Waals surface area (Å²) in [7, 11) is 0. The van der Waals surface area contributed by atoms with Crippen LogP contribution >= 0.6 is 0 Å². The summed E-state index contributed by atoms with van der Waals surface area (Å²) in [5.74, 6) is 3.48. The quantitative estimate of drug-likeness (QED) is 0.326. The van der Waals surface area contributed by atoms with E-state index in [0.29, 0.717) is 11.8 Å². The third-order valence-electron chi connectivity index (χ3n) is 7.77. The third kappa shape index (κ3) is 2.19. The molecule has 0 saturated heterocycles. The van der Waals surface area contributed by atoms with Crippen molar-refractivity contribution in [2.75, 3.05) is 6.61 Å². The Labute approximate surface area is 150 Å². The Morgan fingerprint density at radius 3 is 2.96 bits per heavy atom. The molecule has 0 heterocycles. The number of fused-ring (bicyclic) bond motifs is 3. The first-order valence-corrected chi connectivity index (χ1v) is 9.40. The second kappa shape index (κ2) is 5.34. The number of rotatable bonds is 2. The summed E-state index contributed by atoms with van der Waals surface area (Å²) >= 11 is 0. The van der Waals surface area contributed by atoms with Gasteiger partial charge in [-0.1, -0.05) is 37.6 Å². The Morgan fingerprint density at radius 2 is 2.20 bits per heavy atom. The van der Waals surface area contributed by atoms with Gasteiger partial charge in [0, 0.05) is 5.41 Å². The lowest BCUT2D eigenvalue weighted by Gasteiger charge is -2.59. The summed E-state index contributed by atoms with van der Waals surface area (Å²) in [4.78, 5) is 17.5. The fraction of sp³-hybridized carbons (Fsp3) is 0.636. The molecule has 0 aromatic carbocycles. The summed E-state index contributed by atoms with van der Waals surface area (Å²) in [5.41, 5.74) is 2.47. The van der Waals surface area contributed by atoms with Crippen LogP contribution in [0.5, 0.6) is 0 Å². The van der Waals surface area contributed by atoms with Crippen LogP contribution < -0.4 is 0 Å². The summed E-state index contributed by atoms with van der Waals surface area (Å²) < 4.78 is 0. The maximum absolute atomic E-state index is 12.1. The average Bonchev–Trinajstić information content (AvgIpc) is 2.77. The lowest BCUT2D eigenvalue weighted by molar-refractivity contribution is -0.115. The van der Waals surface area contributed by atoms with Crippen molar-refractivity contribution in [1.82, 2.24) is 0 Å². The van der Waals surface area contributed by atoms with Crippen LogP contribution in [0.1, 0.15) is 52.4 Å². The highest BCUT2D eigenvalue weighted by molar-refractivity contribution is 6.05. The highest BCUT2D eigenvalue weighted by Crippen LogP contribution is 2.70. The SMILES string of the molecule is C#CCO/N=C1\C[C@]23CC[C@@H]4C(=C)C(=O)C=C[C@@]4(C)[C@@H]2CC[C@@]1(C)C3. The molecule has 132 valence electrons. The van der Waals surface area contributed by atoms with E-state index in [1.807, 2.05) is 0 Å². The number of hydrogen-bond donors (Lipinski definition) is 0. The van der Waals surface area contributed by atoms with Crippen molar-refractivity contribution in [1.29, 1.82) is 0 Å². The van der Waals surface area contributed by atoms with Crippen LogP contribution in [-0.2, 0) is 9.63 Å². The molecule has 2 bridgehead atoms. The first-order valence-electron chi connectivity index (χ1n) is 9.40. The summed E-state index contributed by atoms with van der Waals surface area (Å²) in [5, 5.41) is 4.45. The number of ketones is 1. The van der Waals surface area contributed by atoms with Crippen molar-refractivity contribution in [3.05, 3.63) is 24.3 Å². The minimum atomic E-state index is 0.0414. The van der Waals surface area contributed by atoms with Gasteiger partial charge in [-0.3, -0.25) is 4.79 Å². The number of nitrogens with zero attached hydrogens (tertiary/aromatic N) is 1. The Hall–Kier alpha value is -1.82. The van der Waals surface area contributed by atoms with Gasteiger partial charge < -0.3 is 4.84 Å². The number of oxime groups is 1. The summed E-state index contributed by atoms with van der Waals surface area (Å²) in [6.45, 7) is 9.06. The fourth-order valence-corrected chi connectivity index (χ4v) is 6.65. The highest BCUT2D eigenvalue weighted by atomic mass is 16.6. The van der Waals surface area contributed by atoms with Crippen molar-refractivity contribution < 1.29 is 9.63 Å². The summed E-state index contributed by atoms with van der Waals surface area (Å²) in [6.07, 6.45) is 16.0. The number of allylic oxidation sites excluding steroid dienone is 3. The van der Waals surface area contributed by atoms with Crippen molar-refractivity contribution in [2.45, 2.75) is 52.4 Å². The molecule has 3 heteroatoms. The van der Waals surface area contributed by atoms with Gasteiger partial charge in [0.25, 0.3) is 0 Å². The Morgan fingerprint density at radius 1 is 1.40 bits per heavy atom. The maximum atomic E-state index is 12.1. The van der Waals surface area contributed by atoms with Crippen molar-refractivity contribution in [2.24, 2.45) is 33.2 Å². The standard InChI is InChI=1S/C22H27NO2/c1-5-12-25-23-19-13-22-11-6-16-15(2)17(24)7-10-21(16,4)18(22)8-9-20(19,3)14-22/h1,7,10,16,18H,2,6,8-9,11-14H2,3-4H3/b23-19+/t16-,18+,20+,21-,22+/m1/s1. The lowest BCUT2D eigenvalue weighted by atomic mass is 9.45. The summed E-state index contributed by atoms with van der Waals surface area (Å²) in [6, 6.07) is 0. The van der Waals surface area contributed by atoms with Crippen LogP contribution in [0.25, 0.3) is 0 Å². The van der Waals surface area contributed by atoms with Crippen molar-refractivity contribution in [3.8, 4) is 12.3 Å². The van der Waals surface area contributed by atoms with Crippen LogP contribution in [0, 0.1) is 40.4 Å². The molecule has 0 aromatic rings. The molecule has 4 rings (SSSR count). The first-order chi connectivity index (χ1) is 11.8. The molecule has 0 aromatic heterocycles. The van der Waals surface area contributed by atoms with Gasteiger partial charge in [0.2, 0.25) is 0 Å². The Bertz CT molecular complexity index is 742. The number of carbonyl (C=O) groups is 1. The molecular weight excluding hydrogens is 310 g/mol. The van der Waals surface area contributed by atoms with Gasteiger partial charge in [0.1, 0.15) is 0 Å². The van der Waals surface area contributed by atoms with Crippen LogP contribution in [0.15, 0.2) is 29.5 Å². The van der Waals surface area contributed by atoms with Gasteiger partial charge in [-0.05, 0) is 72.8 Å². The monoisotopic (exact) mass is 337 g/mol. The van der Waals surface area contributed by atoms with Crippen LogP contribution in [0.3, 0.4) is 0 Å². The minimum Gasteiger partial charge on any atom is -0.383 e. The van der Waals surface area contributed by atoms with E-state index in [1.165, 1.54) is 18.6 Å². The van der Waals surface area contributed by atoms with E-state index in [9.17, 15) is 4.79 Å². The molecule has 0 amide bonds. The minimum absolute atomic E-state index is 0.0414. The van der Waals surface area contributed by atoms with Crippen LogP contribution in [0.2, 0.25) is 0 Å². The molecule has 0 N–H and O–H groups in total. The van der Waals surface area contributed by atoms with E-state index in [4.69, 9.17) is 11.3 Å². The van der Waals surface area contributed by atoms with Crippen molar-refractivity contribution >= 4 is 11.5 Å². The van der Waals surface area contributed by atoms with E-state index in [2.05, 4.69) is 37.6 Å². The molecule has 3 saturated carbocycles. The topological polar surface area (TPSA) is 38.7 Å². The average molecular weight is 337 g/mol. The first kappa shape index (κ1) is 16.6. The van der Waals surface area contributed by atoms with Gasteiger partial charge >= 0.3 is 0 Å². The molecule has 3 nitrogen and oxygen atoms in total. The van der Waals surface area contributed by atoms with E-state index in [-0.39, 0.29) is 28.6 Å².